The predicted octanol–water partition coefficient (Wildman–Crippen LogP) is 4.81. The number of nitrogens with zero attached hydrogens (tertiary/aromatic N) is 1. The lowest BCUT2D eigenvalue weighted by Crippen LogP contribution is -2.13. The lowest BCUT2D eigenvalue weighted by atomic mass is 10.0. The average Bonchev–Trinajstić information content (AvgIpc) is 2.65. The minimum atomic E-state index is -0.0516. The number of ketones is 1. The van der Waals surface area contributed by atoms with Crippen molar-refractivity contribution in [3.8, 4) is 5.75 Å². The van der Waals surface area contributed by atoms with Crippen molar-refractivity contribution in [1.29, 1.82) is 0 Å². The van der Waals surface area contributed by atoms with Crippen LogP contribution < -0.4 is 5.32 Å². The van der Waals surface area contributed by atoms with Gasteiger partial charge in [-0.2, -0.15) is 0 Å². The number of aryl methyl sites for hydroxylation is 2. The summed E-state index contributed by atoms with van der Waals surface area (Å²) in [6.07, 6.45) is 4.46. The van der Waals surface area contributed by atoms with Crippen molar-refractivity contribution in [2.75, 3.05) is 17.6 Å². The normalized spacial score (nSPS) is 14.3. The van der Waals surface area contributed by atoms with Crippen LogP contribution in [-0.4, -0.2) is 28.4 Å². The zero-order valence-corrected chi connectivity index (χ0v) is 15.8. The Labute approximate surface area is 158 Å². The number of phenolic OH excluding ortho intramolecular Hbond substituents is 1. The van der Waals surface area contributed by atoms with Crippen molar-refractivity contribution in [2.45, 2.75) is 20.3 Å². The first-order valence-corrected chi connectivity index (χ1v) is 9.58. The van der Waals surface area contributed by atoms with Gasteiger partial charge in [-0.3, -0.25) is 9.79 Å². The summed E-state index contributed by atoms with van der Waals surface area (Å²) in [6.45, 7) is 4.57. The van der Waals surface area contributed by atoms with Gasteiger partial charge in [-0.15, -0.1) is 0 Å². The molecule has 0 bridgehead atoms. The number of aliphatic imine (C=N–C) groups is 1. The number of carbonyl (C=O) groups is 1. The average molecular weight is 366 g/mol. The molecule has 1 aliphatic rings. The summed E-state index contributed by atoms with van der Waals surface area (Å²) in [5.41, 5.74) is 4.07. The molecule has 0 spiro atoms. The number of benzene rings is 2. The lowest BCUT2D eigenvalue weighted by molar-refractivity contribution is 0.104. The topological polar surface area (TPSA) is 61.7 Å². The molecule has 2 N–H and O–H groups in total. The van der Waals surface area contributed by atoms with E-state index in [2.05, 4.69) is 10.3 Å². The molecule has 26 heavy (non-hydrogen) atoms. The molecule has 0 aromatic heterocycles. The minimum Gasteiger partial charge on any atom is -0.507 e. The van der Waals surface area contributed by atoms with Crippen LogP contribution in [0.5, 0.6) is 5.75 Å². The third kappa shape index (κ3) is 4.55. The molecular weight excluding hydrogens is 344 g/mol. The molecule has 0 saturated carbocycles. The SMILES string of the molecule is Cc1cc(/C=C\C(=O)c2ccc(NC3=NCCCS3)cc2)cc(C)c1O. The van der Waals surface area contributed by atoms with Gasteiger partial charge >= 0.3 is 0 Å². The Balaban J connectivity index is 1.67. The Morgan fingerprint density at radius 3 is 2.50 bits per heavy atom. The number of hydrogen-bond acceptors (Lipinski definition) is 5. The van der Waals surface area contributed by atoms with Gasteiger partial charge in [0.25, 0.3) is 0 Å². The molecule has 0 saturated heterocycles. The monoisotopic (exact) mass is 366 g/mol. The first-order valence-electron chi connectivity index (χ1n) is 8.60. The van der Waals surface area contributed by atoms with Gasteiger partial charge in [0.05, 0.1) is 0 Å². The fraction of sp³-hybridized carbons (Fsp3) is 0.238. The van der Waals surface area contributed by atoms with Crippen molar-refractivity contribution in [3.05, 3.63) is 64.7 Å². The predicted molar refractivity (Wildman–Crippen MR) is 110 cm³/mol. The fourth-order valence-electron chi connectivity index (χ4n) is 2.73. The Bertz CT molecular complexity index is 847. The third-order valence-electron chi connectivity index (χ3n) is 4.16. The summed E-state index contributed by atoms with van der Waals surface area (Å²) in [6, 6.07) is 11.2. The first-order chi connectivity index (χ1) is 12.5. The zero-order valence-electron chi connectivity index (χ0n) is 15.0. The minimum absolute atomic E-state index is 0.0516. The Morgan fingerprint density at radius 1 is 1.19 bits per heavy atom. The van der Waals surface area contributed by atoms with E-state index < -0.39 is 0 Å². The standard InChI is InChI=1S/C21H22N2O2S/c1-14-12-16(13-15(2)20(14)25)4-9-19(24)17-5-7-18(8-6-17)23-21-22-10-3-11-26-21/h4-9,12-13,25H,3,10-11H2,1-2H3,(H,22,23)/b9-4-. The molecular formula is C21H22N2O2S. The summed E-state index contributed by atoms with van der Waals surface area (Å²) in [4.78, 5) is 16.8. The van der Waals surface area contributed by atoms with Gasteiger partial charge in [0, 0.05) is 23.5 Å². The van der Waals surface area contributed by atoms with Crippen LogP contribution in [0.1, 0.15) is 33.5 Å². The smallest absolute Gasteiger partial charge is 0.185 e. The van der Waals surface area contributed by atoms with E-state index in [1.165, 1.54) is 0 Å². The fourth-order valence-corrected chi connectivity index (χ4v) is 3.57. The molecule has 0 amide bonds. The molecule has 1 heterocycles. The summed E-state index contributed by atoms with van der Waals surface area (Å²) >= 11 is 1.72. The summed E-state index contributed by atoms with van der Waals surface area (Å²) in [5, 5.41) is 14.0. The molecule has 1 aliphatic heterocycles. The summed E-state index contributed by atoms with van der Waals surface area (Å²) in [7, 11) is 0. The van der Waals surface area contributed by atoms with E-state index in [0.29, 0.717) is 11.3 Å². The lowest BCUT2D eigenvalue weighted by Gasteiger charge is -2.13. The number of anilines is 1. The van der Waals surface area contributed by atoms with Crippen LogP contribution in [0, 0.1) is 13.8 Å². The van der Waals surface area contributed by atoms with Gasteiger partial charge in [0.2, 0.25) is 0 Å². The van der Waals surface area contributed by atoms with Crippen LogP contribution in [0.25, 0.3) is 6.08 Å². The number of carbonyl (C=O) groups excluding carboxylic acids is 1. The second-order valence-corrected chi connectivity index (χ2v) is 7.38. The number of thioether (sulfide) groups is 1. The number of aromatic hydroxyl groups is 1. The molecule has 0 atom stereocenters. The molecule has 0 fully saturated rings. The largest absolute Gasteiger partial charge is 0.507 e. The first kappa shape index (κ1) is 18.3. The maximum atomic E-state index is 12.4. The quantitative estimate of drug-likeness (QED) is 0.602. The third-order valence-corrected chi connectivity index (χ3v) is 5.16. The van der Waals surface area contributed by atoms with Crippen molar-refractivity contribution in [2.24, 2.45) is 4.99 Å². The summed E-state index contributed by atoms with van der Waals surface area (Å²) < 4.78 is 0. The van der Waals surface area contributed by atoms with Gasteiger partial charge in [-0.05, 0) is 79.4 Å². The van der Waals surface area contributed by atoms with E-state index in [9.17, 15) is 9.90 Å². The van der Waals surface area contributed by atoms with E-state index in [1.54, 1.807) is 23.9 Å². The van der Waals surface area contributed by atoms with E-state index in [4.69, 9.17) is 0 Å². The number of phenols is 1. The number of nitrogens with one attached hydrogen (secondary N) is 1. The summed E-state index contributed by atoms with van der Waals surface area (Å²) in [5.74, 6) is 1.34. The molecule has 0 aliphatic carbocycles. The number of amidine groups is 1. The Hall–Kier alpha value is -2.53. The molecule has 134 valence electrons. The van der Waals surface area contributed by atoms with Gasteiger partial charge < -0.3 is 10.4 Å². The highest BCUT2D eigenvalue weighted by Gasteiger charge is 2.07. The second-order valence-electron chi connectivity index (χ2n) is 6.29. The highest BCUT2D eigenvalue weighted by molar-refractivity contribution is 8.14. The van der Waals surface area contributed by atoms with Crippen LogP contribution in [0.15, 0.2) is 47.5 Å². The van der Waals surface area contributed by atoms with Crippen LogP contribution >= 0.6 is 11.8 Å². The van der Waals surface area contributed by atoms with Crippen LogP contribution in [-0.2, 0) is 0 Å². The van der Waals surface area contributed by atoms with Gasteiger partial charge in [0.1, 0.15) is 5.75 Å². The van der Waals surface area contributed by atoms with Crippen molar-refractivity contribution < 1.29 is 9.90 Å². The van der Waals surface area contributed by atoms with Gasteiger partial charge in [0.15, 0.2) is 11.0 Å². The zero-order chi connectivity index (χ0) is 18.5. The van der Waals surface area contributed by atoms with Crippen LogP contribution in [0.4, 0.5) is 5.69 Å². The molecule has 0 radical (unpaired) electrons. The molecule has 3 rings (SSSR count). The highest BCUT2D eigenvalue weighted by Crippen LogP contribution is 2.23. The molecule has 2 aromatic carbocycles. The Morgan fingerprint density at radius 2 is 1.88 bits per heavy atom. The van der Waals surface area contributed by atoms with Gasteiger partial charge in [-0.1, -0.05) is 17.8 Å². The van der Waals surface area contributed by atoms with Crippen molar-refractivity contribution >= 4 is 34.5 Å². The van der Waals surface area contributed by atoms with Crippen molar-refractivity contribution in [1.82, 2.24) is 0 Å². The van der Waals surface area contributed by atoms with E-state index in [-0.39, 0.29) is 5.78 Å². The van der Waals surface area contributed by atoms with Crippen molar-refractivity contribution in [3.63, 3.8) is 0 Å². The maximum absolute atomic E-state index is 12.4. The van der Waals surface area contributed by atoms with Crippen LogP contribution in [0.3, 0.4) is 0 Å². The molecule has 2 aromatic rings. The van der Waals surface area contributed by atoms with E-state index in [1.807, 2.05) is 50.2 Å². The maximum Gasteiger partial charge on any atom is 0.185 e. The molecule has 0 unspecified atom stereocenters. The highest BCUT2D eigenvalue weighted by atomic mass is 32.2. The number of rotatable bonds is 4. The molecule has 4 nitrogen and oxygen atoms in total. The van der Waals surface area contributed by atoms with Crippen LogP contribution in [0.2, 0.25) is 0 Å². The van der Waals surface area contributed by atoms with E-state index >= 15 is 0 Å². The van der Waals surface area contributed by atoms with E-state index in [0.717, 1.165) is 46.3 Å². The Kier molecular flexibility index (Phi) is 5.78. The number of hydrogen-bond donors (Lipinski definition) is 2. The molecule has 5 heteroatoms. The second kappa shape index (κ2) is 8.23. The number of allylic oxidation sites excluding steroid dienone is 1. The van der Waals surface area contributed by atoms with Gasteiger partial charge in [-0.25, -0.2) is 0 Å².